The molecule has 0 atom stereocenters. The van der Waals surface area contributed by atoms with Crippen LogP contribution in [-0.4, -0.2) is 27.1 Å². The molecule has 2 rings (SSSR count). The molecular formula is C19H23ClN2O3S. The number of amides is 1. The monoisotopic (exact) mass is 394 g/mol. The molecule has 2 aromatic rings. The minimum absolute atomic E-state index is 0.0141. The molecular weight excluding hydrogens is 372 g/mol. The first-order chi connectivity index (χ1) is 12.1. The second kappa shape index (κ2) is 8.10. The van der Waals surface area contributed by atoms with Crippen LogP contribution in [0.25, 0.3) is 0 Å². The lowest BCUT2D eigenvalue weighted by Crippen LogP contribution is -2.33. The van der Waals surface area contributed by atoms with Gasteiger partial charge in [-0.15, -0.1) is 0 Å². The van der Waals surface area contributed by atoms with Gasteiger partial charge in [0, 0.05) is 18.7 Å². The molecule has 0 bridgehead atoms. The average molecular weight is 395 g/mol. The summed E-state index contributed by atoms with van der Waals surface area (Å²) in [6.45, 7) is 5.61. The second-order valence-corrected chi connectivity index (χ2v) is 8.67. The van der Waals surface area contributed by atoms with Crippen molar-refractivity contribution in [1.82, 2.24) is 0 Å². The van der Waals surface area contributed by atoms with Crippen LogP contribution in [0.3, 0.4) is 0 Å². The van der Waals surface area contributed by atoms with Crippen molar-refractivity contribution in [2.24, 2.45) is 0 Å². The van der Waals surface area contributed by atoms with Crippen LogP contribution in [0.5, 0.6) is 0 Å². The fourth-order valence-corrected chi connectivity index (χ4v) is 4.27. The highest BCUT2D eigenvalue weighted by Gasteiger charge is 2.23. The molecule has 5 nitrogen and oxygen atoms in total. The van der Waals surface area contributed by atoms with Crippen LogP contribution >= 0.6 is 11.6 Å². The van der Waals surface area contributed by atoms with E-state index in [0.29, 0.717) is 16.4 Å². The standard InChI is InChI=1S/C19H23ClN2O3S/c1-13-11-15(3)19(16(20)12-13)22(26(4,24)25)10-9-18(23)21-17-8-6-5-7-14(17)2/h5-8,11-12H,9-10H2,1-4H3,(H,21,23). The molecule has 0 heterocycles. The van der Waals surface area contributed by atoms with Gasteiger partial charge in [-0.3, -0.25) is 9.10 Å². The Balaban J connectivity index is 2.20. The van der Waals surface area contributed by atoms with E-state index in [1.807, 2.05) is 44.2 Å². The van der Waals surface area contributed by atoms with Gasteiger partial charge in [-0.1, -0.05) is 35.9 Å². The number of para-hydroxylation sites is 1. The summed E-state index contributed by atoms with van der Waals surface area (Å²) in [5, 5.41) is 3.17. The number of hydrogen-bond acceptors (Lipinski definition) is 3. The van der Waals surface area contributed by atoms with E-state index < -0.39 is 10.0 Å². The van der Waals surface area contributed by atoms with Crippen molar-refractivity contribution in [3.8, 4) is 0 Å². The predicted octanol–water partition coefficient (Wildman–Crippen LogP) is 4.06. The van der Waals surface area contributed by atoms with Gasteiger partial charge in [-0.25, -0.2) is 8.42 Å². The topological polar surface area (TPSA) is 66.5 Å². The maximum absolute atomic E-state index is 12.3. The molecule has 7 heteroatoms. The molecule has 0 aliphatic rings. The van der Waals surface area contributed by atoms with E-state index in [9.17, 15) is 13.2 Å². The molecule has 140 valence electrons. The highest BCUT2D eigenvalue weighted by molar-refractivity contribution is 7.92. The largest absolute Gasteiger partial charge is 0.326 e. The number of carbonyl (C=O) groups is 1. The molecule has 0 aliphatic heterocycles. The van der Waals surface area contributed by atoms with Gasteiger partial charge in [-0.2, -0.15) is 0 Å². The number of nitrogens with zero attached hydrogens (tertiary/aromatic N) is 1. The summed E-state index contributed by atoms with van der Waals surface area (Å²) in [4.78, 5) is 12.3. The van der Waals surface area contributed by atoms with Gasteiger partial charge in [0.25, 0.3) is 0 Å². The summed E-state index contributed by atoms with van der Waals surface area (Å²) < 4.78 is 25.8. The van der Waals surface area contributed by atoms with Crippen molar-refractivity contribution in [2.45, 2.75) is 27.2 Å². The van der Waals surface area contributed by atoms with E-state index in [-0.39, 0.29) is 18.9 Å². The van der Waals surface area contributed by atoms with Crippen LogP contribution in [0.4, 0.5) is 11.4 Å². The summed E-state index contributed by atoms with van der Waals surface area (Å²) in [6.07, 6.45) is 1.13. The predicted molar refractivity (Wildman–Crippen MR) is 108 cm³/mol. The van der Waals surface area contributed by atoms with E-state index in [2.05, 4.69) is 5.32 Å². The quantitative estimate of drug-likeness (QED) is 0.803. The van der Waals surface area contributed by atoms with E-state index in [1.54, 1.807) is 13.0 Å². The lowest BCUT2D eigenvalue weighted by molar-refractivity contribution is -0.116. The number of anilines is 2. The number of nitrogens with one attached hydrogen (secondary N) is 1. The van der Waals surface area contributed by atoms with Gasteiger partial charge in [0.2, 0.25) is 15.9 Å². The number of sulfonamides is 1. The Morgan fingerprint density at radius 1 is 1.12 bits per heavy atom. The molecule has 2 aromatic carbocycles. The summed E-state index contributed by atoms with van der Waals surface area (Å²) in [5.41, 5.74) is 3.77. The van der Waals surface area contributed by atoms with Crippen LogP contribution in [0.15, 0.2) is 36.4 Å². The number of carbonyl (C=O) groups excluding carboxylic acids is 1. The zero-order valence-corrected chi connectivity index (χ0v) is 16.9. The SMILES string of the molecule is Cc1cc(C)c(N(CCC(=O)Nc2ccccc2C)S(C)(=O)=O)c(Cl)c1. The molecule has 0 saturated heterocycles. The molecule has 0 aromatic heterocycles. The van der Waals surface area contributed by atoms with Crippen molar-refractivity contribution in [1.29, 1.82) is 0 Å². The van der Waals surface area contributed by atoms with E-state index in [1.165, 1.54) is 4.31 Å². The Hall–Kier alpha value is -2.05. The lowest BCUT2D eigenvalue weighted by atomic mass is 10.1. The molecule has 0 aliphatic carbocycles. The number of halogens is 1. The van der Waals surface area contributed by atoms with Crippen LogP contribution < -0.4 is 9.62 Å². The second-order valence-electron chi connectivity index (χ2n) is 6.36. The molecule has 0 spiro atoms. The minimum atomic E-state index is -3.58. The normalized spacial score (nSPS) is 11.3. The fraction of sp³-hybridized carbons (Fsp3) is 0.316. The van der Waals surface area contributed by atoms with Crippen molar-refractivity contribution >= 4 is 38.9 Å². The average Bonchev–Trinajstić information content (AvgIpc) is 2.50. The van der Waals surface area contributed by atoms with Gasteiger partial charge in [0.15, 0.2) is 0 Å². The fourth-order valence-electron chi connectivity index (χ4n) is 2.80. The van der Waals surface area contributed by atoms with E-state index >= 15 is 0 Å². The number of benzene rings is 2. The van der Waals surface area contributed by atoms with Crippen molar-refractivity contribution in [2.75, 3.05) is 22.4 Å². The van der Waals surface area contributed by atoms with Crippen LogP contribution in [0, 0.1) is 20.8 Å². The number of aryl methyl sites for hydroxylation is 3. The third-order valence-electron chi connectivity index (χ3n) is 4.01. The molecule has 0 fully saturated rings. The van der Waals surface area contributed by atoms with Gasteiger partial charge >= 0.3 is 0 Å². The minimum Gasteiger partial charge on any atom is -0.326 e. The van der Waals surface area contributed by atoms with Crippen molar-refractivity contribution in [3.63, 3.8) is 0 Å². The first-order valence-electron chi connectivity index (χ1n) is 8.19. The maximum atomic E-state index is 12.3. The highest BCUT2D eigenvalue weighted by atomic mass is 35.5. The Morgan fingerprint density at radius 3 is 2.35 bits per heavy atom. The Kier molecular flexibility index (Phi) is 6.31. The highest BCUT2D eigenvalue weighted by Crippen LogP contribution is 2.32. The van der Waals surface area contributed by atoms with Gasteiger partial charge < -0.3 is 5.32 Å². The number of hydrogen-bond donors (Lipinski definition) is 1. The third-order valence-corrected chi connectivity index (χ3v) is 5.46. The summed E-state index contributed by atoms with van der Waals surface area (Å²) in [5.74, 6) is -0.256. The smallest absolute Gasteiger partial charge is 0.232 e. The van der Waals surface area contributed by atoms with Crippen LogP contribution in [-0.2, 0) is 14.8 Å². The molecule has 0 unspecified atom stereocenters. The van der Waals surface area contributed by atoms with Crippen LogP contribution in [0.1, 0.15) is 23.1 Å². The van der Waals surface area contributed by atoms with Gasteiger partial charge in [0.1, 0.15) is 0 Å². The summed E-state index contributed by atoms with van der Waals surface area (Å²) in [7, 11) is -3.58. The summed E-state index contributed by atoms with van der Waals surface area (Å²) >= 11 is 6.29. The Labute approximate surface area is 160 Å². The molecule has 0 saturated carbocycles. The summed E-state index contributed by atoms with van der Waals surface area (Å²) in [6, 6.07) is 11.0. The molecule has 1 N–H and O–H groups in total. The molecule has 1 amide bonds. The maximum Gasteiger partial charge on any atom is 0.232 e. The Bertz CT molecular complexity index is 903. The Morgan fingerprint density at radius 2 is 1.77 bits per heavy atom. The first-order valence-corrected chi connectivity index (χ1v) is 10.4. The molecule has 26 heavy (non-hydrogen) atoms. The van der Waals surface area contributed by atoms with Gasteiger partial charge in [0.05, 0.1) is 17.0 Å². The van der Waals surface area contributed by atoms with E-state index in [0.717, 1.165) is 22.9 Å². The number of rotatable bonds is 6. The van der Waals surface area contributed by atoms with Crippen molar-refractivity contribution < 1.29 is 13.2 Å². The third kappa shape index (κ3) is 4.99. The van der Waals surface area contributed by atoms with Crippen LogP contribution in [0.2, 0.25) is 5.02 Å². The van der Waals surface area contributed by atoms with Crippen molar-refractivity contribution in [3.05, 3.63) is 58.1 Å². The first kappa shape index (κ1) is 20.3. The zero-order valence-electron chi connectivity index (χ0n) is 15.3. The zero-order chi connectivity index (χ0) is 19.5. The lowest BCUT2D eigenvalue weighted by Gasteiger charge is -2.25. The van der Waals surface area contributed by atoms with Gasteiger partial charge in [-0.05, 0) is 49.6 Å². The van der Waals surface area contributed by atoms with E-state index in [4.69, 9.17) is 11.6 Å². The molecule has 0 radical (unpaired) electrons.